The molecule has 1 aliphatic carbocycles. The number of fused-ring (bicyclic) bond motifs is 1. The molecule has 0 spiro atoms. The first-order chi connectivity index (χ1) is 8.09. The van der Waals surface area contributed by atoms with Gasteiger partial charge in [-0.1, -0.05) is 19.1 Å². The zero-order valence-electron chi connectivity index (χ0n) is 10.5. The molecule has 0 radical (unpaired) electrons. The van der Waals surface area contributed by atoms with E-state index in [-0.39, 0.29) is 18.2 Å². The van der Waals surface area contributed by atoms with Gasteiger partial charge in [0.25, 0.3) is 0 Å². The minimum Gasteiger partial charge on any atom is -0.508 e. The van der Waals surface area contributed by atoms with Crippen molar-refractivity contribution < 1.29 is 10.2 Å². The number of phenolic OH excluding ortho intramolecular Hbond substituents is 1. The largest absolute Gasteiger partial charge is 0.508 e. The second-order valence-corrected chi connectivity index (χ2v) is 5.15. The van der Waals surface area contributed by atoms with Crippen LogP contribution in [0.3, 0.4) is 0 Å². The van der Waals surface area contributed by atoms with Gasteiger partial charge in [0.15, 0.2) is 0 Å². The Balaban J connectivity index is 2.20. The Bertz CT molecular complexity index is 399. The molecule has 2 atom stereocenters. The van der Waals surface area contributed by atoms with E-state index in [9.17, 15) is 10.2 Å². The Labute approximate surface area is 102 Å². The first-order valence-electron chi connectivity index (χ1n) is 6.29. The molecule has 2 rings (SSSR count). The first-order valence-corrected chi connectivity index (χ1v) is 6.29. The number of aliphatic hydroxyl groups excluding tert-OH is 1. The third kappa shape index (κ3) is 2.31. The Hall–Kier alpha value is -1.06. The number of hydrogen-bond acceptors (Lipinski definition) is 3. The van der Waals surface area contributed by atoms with Crippen LogP contribution in [-0.2, 0) is 6.42 Å². The molecule has 0 saturated carbocycles. The van der Waals surface area contributed by atoms with Crippen LogP contribution in [0.5, 0.6) is 5.75 Å². The van der Waals surface area contributed by atoms with Crippen LogP contribution < -0.4 is 5.32 Å². The molecule has 94 valence electrons. The summed E-state index contributed by atoms with van der Waals surface area (Å²) in [4.78, 5) is 0. The molecule has 1 aromatic rings. The summed E-state index contributed by atoms with van der Waals surface area (Å²) in [7, 11) is 0. The van der Waals surface area contributed by atoms with E-state index >= 15 is 0 Å². The lowest BCUT2D eigenvalue weighted by atomic mass is 9.97. The van der Waals surface area contributed by atoms with Gasteiger partial charge in [-0.05, 0) is 43.4 Å². The van der Waals surface area contributed by atoms with Gasteiger partial charge in [0.05, 0.1) is 6.61 Å². The van der Waals surface area contributed by atoms with Crippen molar-refractivity contribution in [1.29, 1.82) is 0 Å². The standard InChI is InChI=1S/C14H21NO2/c1-3-14(2,9-16)15-12-8-7-11-10(12)5-4-6-13(11)17/h4-6,12,15-17H,3,7-9H2,1-2H3. The normalized spacial score (nSPS) is 22.2. The molecule has 2 unspecified atom stereocenters. The van der Waals surface area contributed by atoms with E-state index in [2.05, 4.69) is 18.3 Å². The van der Waals surface area contributed by atoms with E-state index in [1.807, 2.05) is 13.0 Å². The lowest BCUT2D eigenvalue weighted by Gasteiger charge is -2.31. The predicted octanol–water partition coefficient (Wildman–Crippen LogP) is 2.13. The van der Waals surface area contributed by atoms with Crippen molar-refractivity contribution >= 4 is 0 Å². The molecule has 3 N–H and O–H groups in total. The summed E-state index contributed by atoms with van der Waals surface area (Å²) in [5.41, 5.74) is 2.00. The van der Waals surface area contributed by atoms with Gasteiger partial charge in [0.2, 0.25) is 0 Å². The molecule has 0 saturated heterocycles. The van der Waals surface area contributed by atoms with Gasteiger partial charge in [-0.3, -0.25) is 0 Å². The third-order valence-corrected chi connectivity index (χ3v) is 3.90. The van der Waals surface area contributed by atoms with Gasteiger partial charge in [-0.2, -0.15) is 0 Å². The summed E-state index contributed by atoms with van der Waals surface area (Å²) >= 11 is 0. The topological polar surface area (TPSA) is 52.5 Å². The fraction of sp³-hybridized carbons (Fsp3) is 0.571. The molecule has 0 heterocycles. The van der Waals surface area contributed by atoms with Crippen molar-refractivity contribution in [1.82, 2.24) is 5.32 Å². The van der Waals surface area contributed by atoms with Crippen molar-refractivity contribution in [2.24, 2.45) is 0 Å². The summed E-state index contributed by atoms with van der Waals surface area (Å²) in [5.74, 6) is 0.397. The Morgan fingerprint density at radius 3 is 2.88 bits per heavy atom. The van der Waals surface area contributed by atoms with Crippen LogP contribution >= 0.6 is 0 Å². The van der Waals surface area contributed by atoms with Crippen LogP contribution in [0, 0.1) is 0 Å². The van der Waals surface area contributed by atoms with Crippen LogP contribution in [0.15, 0.2) is 18.2 Å². The zero-order chi connectivity index (χ0) is 12.5. The van der Waals surface area contributed by atoms with E-state index in [0.717, 1.165) is 24.8 Å². The summed E-state index contributed by atoms with van der Waals surface area (Å²) in [5, 5.41) is 22.7. The highest BCUT2D eigenvalue weighted by atomic mass is 16.3. The molecule has 3 heteroatoms. The first kappa shape index (κ1) is 12.4. The number of rotatable bonds is 4. The predicted molar refractivity (Wildman–Crippen MR) is 68.1 cm³/mol. The maximum absolute atomic E-state index is 9.78. The van der Waals surface area contributed by atoms with Crippen LogP contribution in [0.1, 0.15) is 43.9 Å². The summed E-state index contributed by atoms with van der Waals surface area (Å²) in [6.45, 7) is 4.24. The average Bonchev–Trinajstić information content (AvgIpc) is 2.74. The Kier molecular flexibility index (Phi) is 3.40. The fourth-order valence-electron chi connectivity index (χ4n) is 2.47. The third-order valence-electron chi connectivity index (χ3n) is 3.90. The minimum absolute atomic E-state index is 0.133. The summed E-state index contributed by atoms with van der Waals surface area (Å²) in [6.07, 6.45) is 2.78. The van der Waals surface area contributed by atoms with Gasteiger partial charge < -0.3 is 15.5 Å². The number of benzene rings is 1. The fourth-order valence-corrected chi connectivity index (χ4v) is 2.47. The van der Waals surface area contributed by atoms with Crippen molar-refractivity contribution in [2.75, 3.05) is 6.61 Å². The van der Waals surface area contributed by atoms with Gasteiger partial charge in [0, 0.05) is 11.6 Å². The van der Waals surface area contributed by atoms with Crippen LogP contribution in [0.25, 0.3) is 0 Å². The van der Waals surface area contributed by atoms with Crippen LogP contribution in [-0.4, -0.2) is 22.4 Å². The molecule has 0 aromatic heterocycles. The van der Waals surface area contributed by atoms with Gasteiger partial charge in [0.1, 0.15) is 5.75 Å². The Morgan fingerprint density at radius 1 is 1.47 bits per heavy atom. The smallest absolute Gasteiger partial charge is 0.119 e. The van der Waals surface area contributed by atoms with Crippen molar-refractivity contribution in [3.05, 3.63) is 29.3 Å². The summed E-state index contributed by atoms with van der Waals surface area (Å²) < 4.78 is 0. The molecular formula is C14H21NO2. The highest BCUT2D eigenvalue weighted by molar-refractivity contribution is 5.44. The molecule has 3 nitrogen and oxygen atoms in total. The quantitative estimate of drug-likeness (QED) is 0.749. The van der Waals surface area contributed by atoms with Crippen LogP contribution in [0.2, 0.25) is 0 Å². The van der Waals surface area contributed by atoms with E-state index in [4.69, 9.17) is 0 Å². The average molecular weight is 235 g/mol. The second-order valence-electron chi connectivity index (χ2n) is 5.15. The molecule has 0 fully saturated rings. The minimum atomic E-state index is -0.238. The van der Waals surface area contributed by atoms with Gasteiger partial charge >= 0.3 is 0 Å². The second kappa shape index (κ2) is 4.67. The molecule has 1 aromatic carbocycles. The van der Waals surface area contributed by atoms with Crippen molar-refractivity contribution in [2.45, 2.75) is 44.7 Å². The molecule has 17 heavy (non-hydrogen) atoms. The SMILES string of the molecule is CCC(C)(CO)NC1CCc2c(O)cccc21. The number of phenols is 1. The van der Waals surface area contributed by atoms with Crippen molar-refractivity contribution in [3.8, 4) is 5.75 Å². The van der Waals surface area contributed by atoms with E-state index in [1.165, 1.54) is 5.56 Å². The van der Waals surface area contributed by atoms with E-state index in [0.29, 0.717) is 5.75 Å². The lowest BCUT2D eigenvalue weighted by Crippen LogP contribution is -2.46. The number of aromatic hydroxyl groups is 1. The Morgan fingerprint density at radius 2 is 2.24 bits per heavy atom. The summed E-state index contributed by atoms with van der Waals surface area (Å²) in [6, 6.07) is 5.93. The molecular weight excluding hydrogens is 214 g/mol. The maximum Gasteiger partial charge on any atom is 0.119 e. The van der Waals surface area contributed by atoms with Gasteiger partial charge in [-0.15, -0.1) is 0 Å². The highest BCUT2D eigenvalue weighted by Crippen LogP contribution is 2.37. The number of aliphatic hydroxyl groups is 1. The van der Waals surface area contributed by atoms with Gasteiger partial charge in [-0.25, -0.2) is 0 Å². The number of hydrogen-bond donors (Lipinski definition) is 3. The molecule has 0 aliphatic heterocycles. The van der Waals surface area contributed by atoms with E-state index in [1.54, 1.807) is 6.07 Å². The highest BCUT2D eigenvalue weighted by Gasteiger charge is 2.30. The maximum atomic E-state index is 9.78. The van der Waals surface area contributed by atoms with Crippen LogP contribution in [0.4, 0.5) is 0 Å². The molecule has 0 amide bonds. The van der Waals surface area contributed by atoms with E-state index < -0.39 is 0 Å². The monoisotopic (exact) mass is 235 g/mol. The van der Waals surface area contributed by atoms with Crippen molar-refractivity contribution in [3.63, 3.8) is 0 Å². The number of nitrogens with one attached hydrogen (secondary N) is 1. The lowest BCUT2D eigenvalue weighted by molar-refractivity contribution is 0.156. The molecule has 0 bridgehead atoms. The zero-order valence-corrected chi connectivity index (χ0v) is 10.5. The molecule has 1 aliphatic rings.